The number of fused-ring (bicyclic) bond motifs is 2. The molecule has 2 aliphatic rings. The van der Waals surface area contributed by atoms with E-state index in [9.17, 15) is 0 Å². The Labute approximate surface area is 96.8 Å². The van der Waals surface area contributed by atoms with Crippen LogP contribution in [-0.2, 0) is 4.84 Å². The van der Waals surface area contributed by atoms with Crippen LogP contribution < -0.4 is 0 Å². The molecule has 3 nitrogen and oxygen atoms in total. The molecule has 2 heterocycles. The molecule has 0 N–H and O–H groups in total. The number of terminal acetylenes is 1. The van der Waals surface area contributed by atoms with Crippen molar-refractivity contribution in [3.8, 4) is 24.2 Å². The van der Waals surface area contributed by atoms with Crippen LogP contribution >= 0.6 is 0 Å². The molecule has 2 fully saturated rings. The monoisotopic (exact) mass is 216 g/mol. The minimum atomic E-state index is 0.345. The van der Waals surface area contributed by atoms with Crippen molar-refractivity contribution in [2.75, 3.05) is 26.2 Å². The van der Waals surface area contributed by atoms with E-state index in [1.807, 2.05) is 0 Å². The number of oxime groups is 1. The fourth-order valence-corrected chi connectivity index (χ4v) is 2.24. The van der Waals surface area contributed by atoms with Gasteiger partial charge in [-0.2, -0.15) is 0 Å². The van der Waals surface area contributed by atoms with Gasteiger partial charge in [0.2, 0.25) is 0 Å². The normalized spacial score (nSPS) is 29.3. The molecule has 0 saturated carbocycles. The first-order chi connectivity index (χ1) is 7.90. The minimum absolute atomic E-state index is 0.345. The van der Waals surface area contributed by atoms with Crippen molar-refractivity contribution in [2.24, 2.45) is 11.1 Å². The molecule has 3 heteroatoms. The van der Waals surface area contributed by atoms with Crippen molar-refractivity contribution in [3.05, 3.63) is 0 Å². The van der Waals surface area contributed by atoms with E-state index in [2.05, 4.69) is 27.8 Å². The van der Waals surface area contributed by atoms with Gasteiger partial charge in [-0.1, -0.05) is 22.9 Å². The molecule has 0 radical (unpaired) electrons. The van der Waals surface area contributed by atoms with E-state index in [4.69, 9.17) is 11.3 Å². The first kappa shape index (κ1) is 11.0. The van der Waals surface area contributed by atoms with Gasteiger partial charge < -0.3 is 4.84 Å². The lowest BCUT2D eigenvalue weighted by atomic mass is 9.99. The first-order valence-electron chi connectivity index (χ1n) is 5.70. The van der Waals surface area contributed by atoms with Crippen LogP contribution in [0.15, 0.2) is 5.16 Å². The van der Waals surface area contributed by atoms with Gasteiger partial charge in [-0.05, 0) is 19.4 Å². The third kappa shape index (κ3) is 2.78. The predicted molar refractivity (Wildman–Crippen MR) is 63.8 cm³/mol. The van der Waals surface area contributed by atoms with Gasteiger partial charge in [0.1, 0.15) is 0 Å². The average Bonchev–Trinajstić information content (AvgIpc) is 2.58. The Balaban J connectivity index is 1.76. The topological polar surface area (TPSA) is 24.8 Å². The summed E-state index contributed by atoms with van der Waals surface area (Å²) in [5.41, 5.74) is 1.19. The van der Waals surface area contributed by atoms with Crippen molar-refractivity contribution < 1.29 is 4.84 Å². The summed E-state index contributed by atoms with van der Waals surface area (Å²) in [6.07, 6.45) is 8.09. The maximum atomic E-state index is 5.19. The van der Waals surface area contributed by atoms with Crippen LogP contribution in [-0.4, -0.2) is 36.9 Å². The van der Waals surface area contributed by atoms with Crippen LogP contribution in [0, 0.1) is 30.1 Å². The van der Waals surface area contributed by atoms with E-state index in [1.165, 1.54) is 25.1 Å². The zero-order valence-corrected chi connectivity index (χ0v) is 9.41. The molecule has 2 saturated heterocycles. The highest BCUT2D eigenvalue weighted by molar-refractivity contribution is 5.90. The van der Waals surface area contributed by atoms with Gasteiger partial charge in [0, 0.05) is 19.0 Å². The van der Waals surface area contributed by atoms with Crippen LogP contribution in [0.2, 0.25) is 0 Å². The highest BCUT2D eigenvalue weighted by atomic mass is 16.6. The zero-order valence-electron chi connectivity index (χ0n) is 9.41. The number of nitrogens with zero attached hydrogens (tertiary/aromatic N) is 2. The molecular formula is C13H16N2O. The lowest BCUT2D eigenvalue weighted by Gasteiger charge is -2.19. The van der Waals surface area contributed by atoms with Crippen molar-refractivity contribution >= 4 is 5.71 Å². The maximum absolute atomic E-state index is 5.19. The highest BCUT2D eigenvalue weighted by Crippen LogP contribution is 2.24. The summed E-state index contributed by atoms with van der Waals surface area (Å²) in [6.45, 7) is 3.68. The quantitative estimate of drug-likeness (QED) is 0.392. The number of hydrogen-bond acceptors (Lipinski definition) is 3. The summed E-state index contributed by atoms with van der Waals surface area (Å²) >= 11 is 0. The van der Waals surface area contributed by atoms with Crippen molar-refractivity contribution in [2.45, 2.75) is 19.3 Å². The Hall–Kier alpha value is -1.45. The summed E-state index contributed by atoms with van der Waals surface area (Å²) in [5, 5.41) is 4.18. The van der Waals surface area contributed by atoms with Crippen LogP contribution in [0.3, 0.4) is 0 Å². The Bertz CT molecular complexity index is 370. The van der Waals surface area contributed by atoms with E-state index >= 15 is 0 Å². The minimum Gasteiger partial charge on any atom is -0.383 e. The number of piperidine rings is 1. The molecule has 0 spiro atoms. The molecule has 0 aromatic rings. The smallest absolute Gasteiger partial charge is 0.177 e. The molecule has 0 aliphatic carbocycles. The standard InChI is InChI=1S/C13H16N2O/c1-2-3-4-5-9-16-14-13-11-15-8-6-7-12(13)10-15/h1,12H,3,6-11H2/b14-13+. The second-order valence-electron chi connectivity index (χ2n) is 4.16. The largest absolute Gasteiger partial charge is 0.383 e. The van der Waals surface area contributed by atoms with Gasteiger partial charge in [0.05, 0.1) is 12.1 Å². The van der Waals surface area contributed by atoms with Crippen molar-refractivity contribution in [1.29, 1.82) is 0 Å². The average molecular weight is 216 g/mol. The molecular weight excluding hydrogens is 200 g/mol. The Morgan fingerprint density at radius 2 is 2.44 bits per heavy atom. The summed E-state index contributed by atoms with van der Waals surface area (Å²) < 4.78 is 0. The van der Waals surface area contributed by atoms with Crippen molar-refractivity contribution in [1.82, 2.24) is 4.90 Å². The Kier molecular flexibility index (Phi) is 3.86. The SMILES string of the molecule is C#CCC#CCO/N=C1\CN2CCCC1C2. The zero-order chi connectivity index (χ0) is 11.2. The molecule has 2 aliphatic heterocycles. The van der Waals surface area contributed by atoms with E-state index in [1.54, 1.807) is 0 Å². The molecule has 2 atom stereocenters. The van der Waals surface area contributed by atoms with Crippen LogP contribution in [0.4, 0.5) is 0 Å². The van der Waals surface area contributed by atoms with E-state index in [-0.39, 0.29) is 0 Å². The number of rotatable bonds is 2. The molecule has 0 aromatic heterocycles. The first-order valence-corrected chi connectivity index (χ1v) is 5.70. The molecule has 16 heavy (non-hydrogen) atoms. The summed E-state index contributed by atoms with van der Waals surface area (Å²) in [5.74, 6) is 8.73. The molecule has 84 valence electrons. The van der Waals surface area contributed by atoms with Crippen molar-refractivity contribution in [3.63, 3.8) is 0 Å². The second kappa shape index (κ2) is 5.58. The molecule has 2 rings (SSSR count). The number of hydrogen-bond donors (Lipinski definition) is 0. The van der Waals surface area contributed by atoms with Gasteiger partial charge in [-0.15, -0.1) is 6.42 Å². The van der Waals surface area contributed by atoms with Gasteiger partial charge in [-0.3, -0.25) is 4.90 Å². The van der Waals surface area contributed by atoms with Gasteiger partial charge in [-0.25, -0.2) is 0 Å². The maximum Gasteiger partial charge on any atom is 0.177 e. The summed E-state index contributed by atoms with van der Waals surface area (Å²) in [4.78, 5) is 7.62. The van der Waals surface area contributed by atoms with Crippen LogP contribution in [0.1, 0.15) is 19.3 Å². The van der Waals surface area contributed by atoms with Crippen LogP contribution in [0.25, 0.3) is 0 Å². The molecule has 2 bridgehead atoms. The van der Waals surface area contributed by atoms with Gasteiger partial charge in [0.25, 0.3) is 0 Å². The molecule has 2 unspecified atom stereocenters. The Morgan fingerprint density at radius 1 is 1.50 bits per heavy atom. The predicted octanol–water partition coefficient (Wildman–Crippen LogP) is 1.11. The van der Waals surface area contributed by atoms with Gasteiger partial charge >= 0.3 is 0 Å². The Morgan fingerprint density at radius 3 is 3.25 bits per heavy atom. The molecule has 0 amide bonds. The third-order valence-electron chi connectivity index (χ3n) is 3.00. The fourth-order valence-electron chi connectivity index (χ4n) is 2.24. The lowest BCUT2D eigenvalue weighted by Crippen LogP contribution is -2.25. The van der Waals surface area contributed by atoms with E-state index < -0.39 is 0 Å². The third-order valence-corrected chi connectivity index (χ3v) is 3.00. The summed E-state index contributed by atoms with van der Waals surface area (Å²) in [6, 6.07) is 0. The fraction of sp³-hybridized carbons (Fsp3) is 0.615. The second-order valence-corrected chi connectivity index (χ2v) is 4.16. The van der Waals surface area contributed by atoms with Crippen LogP contribution in [0.5, 0.6) is 0 Å². The van der Waals surface area contributed by atoms with E-state index in [0.29, 0.717) is 18.9 Å². The molecule has 0 aromatic carbocycles. The summed E-state index contributed by atoms with van der Waals surface area (Å²) in [7, 11) is 0. The lowest BCUT2D eigenvalue weighted by molar-refractivity contribution is 0.178. The highest BCUT2D eigenvalue weighted by Gasteiger charge is 2.32. The van der Waals surface area contributed by atoms with Gasteiger partial charge in [0.15, 0.2) is 6.61 Å². The van der Waals surface area contributed by atoms with E-state index in [0.717, 1.165) is 13.1 Å².